The molecule has 0 aromatic heterocycles. The van der Waals surface area contributed by atoms with E-state index in [0.717, 1.165) is 13.0 Å². The fourth-order valence-electron chi connectivity index (χ4n) is 2.36. The van der Waals surface area contributed by atoms with Gasteiger partial charge in [0.25, 0.3) is 0 Å². The molecule has 0 bridgehead atoms. The van der Waals surface area contributed by atoms with Crippen LogP contribution in [0.5, 0.6) is 0 Å². The number of hydrogen-bond acceptors (Lipinski definition) is 5. The summed E-state index contributed by atoms with van der Waals surface area (Å²) in [5.74, 6) is -2.11. The molecule has 0 unspecified atom stereocenters. The molecule has 0 radical (unpaired) electrons. The van der Waals surface area contributed by atoms with Gasteiger partial charge in [0.15, 0.2) is 5.78 Å². The van der Waals surface area contributed by atoms with Gasteiger partial charge in [-0.2, -0.15) is 0 Å². The molecule has 1 aliphatic rings. The van der Waals surface area contributed by atoms with Crippen LogP contribution in [0.25, 0.3) is 0 Å². The highest BCUT2D eigenvalue weighted by molar-refractivity contribution is 5.92. The minimum Gasteiger partial charge on any atom is -0.550 e. The quantitative estimate of drug-likeness (QED) is 0.521. The van der Waals surface area contributed by atoms with E-state index < -0.39 is 23.0 Å². The molecule has 1 rings (SSSR count). The summed E-state index contributed by atoms with van der Waals surface area (Å²) in [6, 6.07) is 0. The summed E-state index contributed by atoms with van der Waals surface area (Å²) < 4.78 is 0. The molecule has 0 spiro atoms. The Bertz CT molecular complexity index is 582. The van der Waals surface area contributed by atoms with Gasteiger partial charge in [-0.25, -0.2) is 4.79 Å². The van der Waals surface area contributed by atoms with Gasteiger partial charge in [0.1, 0.15) is 5.60 Å². The van der Waals surface area contributed by atoms with E-state index in [1.165, 1.54) is 6.08 Å². The smallest absolute Gasteiger partial charge is 0.328 e. The number of ketones is 1. The first-order chi connectivity index (χ1) is 10.3. The maximum Gasteiger partial charge on any atom is 0.328 e. The Labute approximate surface area is 142 Å². The summed E-state index contributed by atoms with van der Waals surface area (Å²) >= 11 is 0. The zero-order valence-electron chi connectivity index (χ0n) is 15.0. The summed E-state index contributed by atoms with van der Waals surface area (Å²) in [5.41, 5.74) is -0.758. The average Bonchev–Trinajstić information content (AvgIpc) is 2.31. The molecule has 7 nitrogen and oxygen atoms in total. The van der Waals surface area contributed by atoms with Crippen LogP contribution < -0.4 is 11.3 Å². The number of aliphatic carboxylic acids is 2. The summed E-state index contributed by atoms with van der Waals surface area (Å²) in [4.78, 5) is 31.0. The Morgan fingerprint density at radius 3 is 2.12 bits per heavy atom. The van der Waals surface area contributed by atoms with Crippen LogP contribution >= 0.6 is 0 Å². The van der Waals surface area contributed by atoms with Gasteiger partial charge in [-0.05, 0) is 44.1 Å². The SMILES string of the molecule is CC(=O)[O-].CC(C=C[C@@]1(O)C(C)=CC(=O)CC1(C)C)=CC(=O)O.[NH4+]. The summed E-state index contributed by atoms with van der Waals surface area (Å²) in [7, 11) is 0. The molecule has 0 amide bonds. The number of carboxylic acids is 2. The van der Waals surface area contributed by atoms with Crippen LogP contribution in [-0.2, 0) is 14.4 Å². The Kier molecular flexibility index (Phi) is 9.15. The number of hydrogen-bond donors (Lipinski definition) is 3. The van der Waals surface area contributed by atoms with Crippen molar-refractivity contribution >= 4 is 17.7 Å². The van der Waals surface area contributed by atoms with E-state index in [2.05, 4.69) is 0 Å². The number of carbonyl (C=O) groups is 3. The van der Waals surface area contributed by atoms with Gasteiger partial charge in [-0.15, -0.1) is 0 Å². The minimum atomic E-state index is -1.24. The van der Waals surface area contributed by atoms with Gasteiger partial charge >= 0.3 is 5.97 Å². The monoisotopic (exact) mass is 341 g/mol. The first-order valence-electron chi connectivity index (χ1n) is 7.04. The van der Waals surface area contributed by atoms with Crippen LogP contribution in [0, 0.1) is 5.41 Å². The van der Waals surface area contributed by atoms with E-state index in [1.54, 1.807) is 26.0 Å². The van der Waals surface area contributed by atoms with Crippen molar-refractivity contribution in [2.75, 3.05) is 0 Å². The summed E-state index contributed by atoms with van der Waals surface area (Å²) in [6.07, 6.45) is 5.92. The zero-order valence-corrected chi connectivity index (χ0v) is 15.0. The normalized spacial score (nSPS) is 22.8. The first kappa shape index (κ1) is 24.0. The topological polar surface area (TPSA) is 151 Å². The number of carbonyl (C=O) groups excluding carboxylic acids is 2. The molecular formula is C17H27NO6. The van der Waals surface area contributed by atoms with Crippen molar-refractivity contribution in [3.63, 3.8) is 0 Å². The standard InChI is InChI=1S/C15H20O4.C2H4O2.H3N/c1-10(7-13(17)18)5-6-15(19)11(2)8-12(16)9-14(15,3)4;1-2(3)4;/h5-8,19H,9H2,1-4H3,(H,17,18);1H3,(H,3,4);1H3/t15-;;/m1../s1. The van der Waals surface area contributed by atoms with Crippen LogP contribution in [0.1, 0.15) is 41.0 Å². The van der Waals surface area contributed by atoms with Crippen LogP contribution in [-0.4, -0.2) is 33.5 Å². The lowest BCUT2D eigenvalue weighted by Gasteiger charge is -2.43. The Morgan fingerprint density at radius 2 is 1.75 bits per heavy atom. The van der Waals surface area contributed by atoms with Crippen molar-refractivity contribution in [3.8, 4) is 0 Å². The van der Waals surface area contributed by atoms with E-state index in [1.807, 2.05) is 13.8 Å². The van der Waals surface area contributed by atoms with Crippen molar-refractivity contribution < 1.29 is 29.7 Å². The molecule has 0 saturated heterocycles. The van der Waals surface area contributed by atoms with E-state index >= 15 is 0 Å². The molecule has 0 heterocycles. The number of aliphatic hydroxyl groups is 1. The highest BCUT2D eigenvalue weighted by atomic mass is 16.4. The lowest BCUT2D eigenvalue weighted by Crippen LogP contribution is -2.48. The highest BCUT2D eigenvalue weighted by Gasteiger charge is 2.46. The van der Waals surface area contributed by atoms with Crippen LogP contribution in [0.15, 0.2) is 35.5 Å². The number of rotatable bonds is 3. The molecule has 0 aromatic carbocycles. The second kappa shape index (κ2) is 9.14. The van der Waals surface area contributed by atoms with Crippen molar-refractivity contribution in [2.45, 2.75) is 46.6 Å². The van der Waals surface area contributed by atoms with E-state index in [0.29, 0.717) is 11.1 Å². The molecule has 0 aromatic rings. The average molecular weight is 341 g/mol. The lowest BCUT2D eigenvalue weighted by molar-refractivity contribution is -0.302. The molecule has 24 heavy (non-hydrogen) atoms. The predicted octanol–water partition coefficient (Wildman–Crippen LogP) is 1.38. The van der Waals surface area contributed by atoms with Gasteiger partial charge in [0, 0.05) is 23.9 Å². The molecule has 0 saturated carbocycles. The third-order valence-corrected chi connectivity index (χ3v) is 3.57. The molecule has 1 aliphatic carbocycles. The molecule has 0 aliphatic heterocycles. The van der Waals surface area contributed by atoms with Gasteiger partial charge in [-0.3, -0.25) is 4.79 Å². The Morgan fingerprint density at radius 1 is 1.29 bits per heavy atom. The molecule has 7 heteroatoms. The number of quaternary nitrogens is 1. The number of carboxylic acid groups (broad SMARTS) is 2. The second-order valence-corrected chi connectivity index (χ2v) is 6.17. The van der Waals surface area contributed by atoms with Gasteiger partial charge in [0.05, 0.1) is 0 Å². The van der Waals surface area contributed by atoms with Crippen molar-refractivity contribution in [1.82, 2.24) is 6.15 Å². The number of allylic oxidation sites excluding steroid dienone is 3. The Hall–Kier alpha value is -2.25. The van der Waals surface area contributed by atoms with Crippen molar-refractivity contribution in [3.05, 3.63) is 35.5 Å². The molecule has 0 fully saturated rings. The fourth-order valence-corrected chi connectivity index (χ4v) is 2.36. The van der Waals surface area contributed by atoms with Crippen LogP contribution in [0.2, 0.25) is 0 Å². The van der Waals surface area contributed by atoms with Gasteiger partial charge < -0.3 is 26.3 Å². The van der Waals surface area contributed by atoms with Crippen molar-refractivity contribution in [1.29, 1.82) is 0 Å². The van der Waals surface area contributed by atoms with Gasteiger partial charge in [-0.1, -0.05) is 19.9 Å². The predicted molar refractivity (Wildman–Crippen MR) is 89.3 cm³/mol. The fraction of sp³-hybridized carbons (Fsp3) is 0.471. The van der Waals surface area contributed by atoms with Crippen LogP contribution in [0.3, 0.4) is 0 Å². The van der Waals surface area contributed by atoms with E-state index in [9.17, 15) is 14.7 Å². The van der Waals surface area contributed by atoms with Crippen LogP contribution in [0.4, 0.5) is 0 Å². The van der Waals surface area contributed by atoms with E-state index in [4.69, 9.17) is 15.0 Å². The Balaban J connectivity index is 0. The van der Waals surface area contributed by atoms with Gasteiger partial charge in [0.2, 0.25) is 0 Å². The molecular weight excluding hydrogens is 314 g/mol. The summed E-state index contributed by atoms with van der Waals surface area (Å²) in [6.45, 7) is 7.97. The highest BCUT2D eigenvalue weighted by Crippen LogP contribution is 2.44. The molecule has 136 valence electrons. The maximum absolute atomic E-state index is 11.6. The second-order valence-electron chi connectivity index (χ2n) is 6.17. The first-order valence-corrected chi connectivity index (χ1v) is 7.04. The minimum absolute atomic E-state index is 0. The maximum atomic E-state index is 11.6. The third kappa shape index (κ3) is 6.89. The van der Waals surface area contributed by atoms with E-state index in [-0.39, 0.29) is 18.4 Å². The zero-order chi connectivity index (χ0) is 18.4. The van der Waals surface area contributed by atoms with Crippen molar-refractivity contribution in [2.24, 2.45) is 5.41 Å². The lowest BCUT2D eigenvalue weighted by atomic mass is 9.64. The molecule has 6 N–H and O–H groups in total. The summed E-state index contributed by atoms with van der Waals surface area (Å²) in [5, 5.41) is 28.3. The third-order valence-electron chi connectivity index (χ3n) is 3.57. The largest absolute Gasteiger partial charge is 0.550 e. The molecule has 1 atom stereocenters.